The molecule has 0 radical (unpaired) electrons. The van der Waals surface area contributed by atoms with Gasteiger partial charge in [-0.3, -0.25) is 14.4 Å². The third-order valence-electron chi connectivity index (χ3n) is 5.74. The number of amides is 3. The molecule has 9 nitrogen and oxygen atoms in total. The first kappa shape index (κ1) is 24.5. The van der Waals surface area contributed by atoms with Crippen LogP contribution >= 0.6 is 11.8 Å². The Morgan fingerprint density at radius 2 is 1.74 bits per heavy atom. The molecule has 35 heavy (non-hydrogen) atoms. The van der Waals surface area contributed by atoms with Crippen molar-refractivity contribution in [3.8, 4) is 0 Å². The molecule has 2 aliphatic rings. The Labute approximate surface area is 207 Å². The number of aliphatic imine (C=N–C) groups is 1. The van der Waals surface area contributed by atoms with Gasteiger partial charge in [-0.1, -0.05) is 23.9 Å². The first-order valence-corrected chi connectivity index (χ1v) is 12.3. The van der Waals surface area contributed by atoms with Gasteiger partial charge in [-0.15, -0.1) is 0 Å². The molecule has 1 saturated heterocycles. The number of hydrogen-bond donors (Lipinski definition) is 2. The molecular weight excluding hydrogens is 468 g/mol. The van der Waals surface area contributed by atoms with E-state index in [2.05, 4.69) is 20.5 Å². The molecule has 10 heteroatoms. The summed E-state index contributed by atoms with van der Waals surface area (Å²) in [4.78, 5) is 55.6. The first-order valence-electron chi connectivity index (χ1n) is 11.4. The number of ether oxygens (including phenoxy) is 1. The molecule has 0 bridgehead atoms. The smallest absolute Gasteiger partial charge is 0.339 e. The third kappa shape index (κ3) is 6.07. The van der Waals surface area contributed by atoms with Crippen LogP contribution in [0, 0.1) is 0 Å². The minimum absolute atomic E-state index is 0.0247. The monoisotopic (exact) mass is 494 g/mol. The van der Waals surface area contributed by atoms with E-state index < -0.39 is 17.1 Å². The van der Waals surface area contributed by atoms with E-state index in [0.717, 1.165) is 31.1 Å². The van der Waals surface area contributed by atoms with Gasteiger partial charge in [-0.2, -0.15) is 4.99 Å². The summed E-state index contributed by atoms with van der Waals surface area (Å²) in [5.74, 6) is -1.53. The average molecular weight is 495 g/mol. The van der Waals surface area contributed by atoms with Crippen molar-refractivity contribution in [2.24, 2.45) is 4.99 Å². The molecule has 1 fully saturated rings. The summed E-state index contributed by atoms with van der Waals surface area (Å²) in [5.41, 5.74) is 1.45. The lowest BCUT2D eigenvalue weighted by molar-refractivity contribution is -0.121. The van der Waals surface area contributed by atoms with Crippen LogP contribution in [0.25, 0.3) is 0 Å². The number of carbonyl (C=O) groups excluding carboxylic acids is 4. The Morgan fingerprint density at radius 1 is 1.03 bits per heavy atom. The van der Waals surface area contributed by atoms with Crippen LogP contribution in [0.2, 0.25) is 0 Å². The summed E-state index contributed by atoms with van der Waals surface area (Å²) >= 11 is 1.36. The Morgan fingerprint density at radius 3 is 2.46 bits per heavy atom. The number of benzene rings is 2. The van der Waals surface area contributed by atoms with Crippen LogP contribution in [0.3, 0.4) is 0 Å². The number of thioether (sulfide) groups is 1. The highest BCUT2D eigenvalue weighted by molar-refractivity contribution is 8.15. The number of rotatable bonds is 6. The van der Waals surface area contributed by atoms with E-state index in [1.165, 1.54) is 25.3 Å². The van der Waals surface area contributed by atoms with Crippen LogP contribution in [0.5, 0.6) is 0 Å². The highest BCUT2D eigenvalue weighted by Crippen LogP contribution is 2.29. The molecule has 182 valence electrons. The summed E-state index contributed by atoms with van der Waals surface area (Å²) in [7, 11) is 1.27. The molecule has 3 amide bonds. The number of carbonyl (C=O) groups is 4. The average Bonchev–Trinajstić information content (AvgIpc) is 3.24. The van der Waals surface area contributed by atoms with Crippen molar-refractivity contribution in [1.29, 1.82) is 0 Å². The fourth-order valence-electron chi connectivity index (χ4n) is 3.89. The number of anilines is 2. The molecule has 2 heterocycles. The normalized spacial score (nSPS) is 17.5. The molecule has 2 aromatic rings. The predicted octanol–water partition coefficient (Wildman–Crippen LogP) is 3.54. The number of methoxy groups -OCH3 is 1. The maximum Gasteiger partial charge on any atom is 0.339 e. The summed E-state index contributed by atoms with van der Waals surface area (Å²) in [5, 5.41) is 5.67. The molecule has 0 saturated carbocycles. The molecule has 1 unspecified atom stereocenters. The van der Waals surface area contributed by atoms with Gasteiger partial charge in [-0.05, 0) is 55.7 Å². The maximum absolute atomic E-state index is 12.6. The van der Waals surface area contributed by atoms with E-state index in [1.54, 1.807) is 48.5 Å². The van der Waals surface area contributed by atoms with E-state index in [4.69, 9.17) is 4.74 Å². The number of nitrogens with one attached hydrogen (secondary N) is 2. The minimum Gasteiger partial charge on any atom is -0.465 e. The third-order valence-corrected chi connectivity index (χ3v) is 6.95. The Kier molecular flexibility index (Phi) is 7.81. The highest BCUT2D eigenvalue weighted by Gasteiger charge is 2.33. The second-order valence-corrected chi connectivity index (χ2v) is 9.38. The molecule has 0 aromatic heterocycles. The number of para-hydroxylation sites is 1. The first-order chi connectivity index (χ1) is 16.9. The maximum atomic E-state index is 12.6. The van der Waals surface area contributed by atoms with Crippen molar-refractivity contribution in [1.82, 2.24) is 4.90 Å². The lowest BCUT2D eigenvalue weighted by atomic mass is 10.1. The number of amidine groups is 1. The van der Waals surface area contributed by atoms with Gasteiger partial charge in [0, 0.05) is 30.8 Å². The number of likely N-dealkylation sites (tertiary alicyclic amines) is 1. The van der Waals surface area contributed by atoms with Gasteiger partial charge in [0.05, 0.1) is 18.4 Å². The highest BCUT2D eigenvalue weighted by atomic mass is 32.2. The van der Waals surface area contributed by atoms with Gasteiger partial charge in [0.1, 0.15) is 5.25 Å². The van der Waals surface area contributed by atoms with Gasteiger partial charge < -0.3 is 20.3 Å². The number of nitrogens with zero attached hydrogens (tertiary/aromatic N) is 2. The summed E-state index contributed by atoms with van der Waals surface area (Å²) in [6.45, 7) is 1.79. The molecule has 1 atom stereocenters. The van der Waals surface area contributed by atoms with Gasteiger partial charge in [-0.25, -0.2) is 4.79 Å². The van der Waals surface area contributed by atoms with Crippen molar-refractivity contribution in [2.45, 2.75) is 30.9 Å². The Bertz CT molecular complexity index is 1160. The number of esters is 1. The van der Waals surface area contributed by atoms with E-state index in [1.807, 2.05) is 0 Å². The Hall–Kier alpha value is -3.66. The van der Waals surface area contributed by atoms with Crippen LogP contribution < -0.4 is 10.6 Å². The van der Waals surface area contributed by atoms with Crippen molar-refractivity contribution in [3.05, 3.63) is 59.7 Å². The van der Waals surface area contributed by atoms with E-state index in [-0.39, 0.29) is 23.8 Å². The van der Waals surface area contributed by atoms with Crippen LogP contribution in [0.4, 0.5) is 11.4 Å². The predicted molar refractivity (Wildman–Crippen MR) is 135 cm³/mol. The summed E-state index contributed by atoms with van der Waals surface area (Å²) < 4.78 is 4.75. The molecule has 2 aromatic carbocycles. The standard InChI is InChI=1S/C25H26N4O5S/c1-34-24(33)18-7-3-4-8-19(18)27-22(31)16-9-11-17(12-10-16)26-21(30)15-20-23(32)28-25(35-20)29-13-5-2-6-14-29/h3-4,7-12,20H,2,5-6,13-15H2,1H3,(H,26,30)(H,27,31). The zero-order chi connectivity index (χ0) is 24.8. The molecule has 0 aliphatic carbocycles. The van der Waals surface area contributed by atoms with Crippen LogP contribution in [-0.2, 0) is 14.3 Å². The van der Waals surface area contributed by atoms with E-state index >= 15 is 0 Å². The lowest BCUT2D eigenvalue weighted by Gasteiger charge is -2.27. The number of hydrogen-bond acceptors (Lipinski definition) is 7. The van der Waals surface area contributed by atoms with Crippen LogP contribution in [0.1, 0.15) is 46.4 Å². The van der Waals surface area contributed by atoms with Gasteiger partial charge >= 0.3 is 5.97 Å². The molecular formula is C25H26N4O5S. The molecule has 0 spiro atoms. The van der Waals surface area contributed by atoms with Crippen molar-refractivity contribution in [3.63, 3.8) is 0 Å². The van der Waals surface area contributed by atoms with Crippen LogP contribution in [0.15, 0.2) is 53.5 Å². The molecule has 2 aliphatic heterocycles. The van der Waals surface area contributed by atoms with Gasteiger partial charge in [0.15, 0.2) is 5.17 Å². The van der Waals surface area contributed by atoms with Crippen molar-refractivity contribution >= 4 is 52.0 Å². The zero-order valence-corrected chi connectivity index (χ0v) is 20.1. The summed E-state index contributed by atoms with van der Waals surface area (Å²) in [6, 6.07) is 12.9. The van der Waals surface area contributed by atoms with Gasteiger partial charge in [0.2, 0.25) is 5.91 Å². The SMILES string of the molecule is COC(=O)c1ccccc1NC(=O)c1ccc(NC(=O)CC2SC(N3CCCCC3)=NC2=O)cc1. The second-order valence-electron chi connectivity index (χ2n) is 8.21. The number of piperidine rings is 1. The van der Waals surface area contributed by atoms with E-state index in [9.17, 15) is 19.2 Å². The molecule has 2 N–H and O–H groups in total. The fraction of sp³-hybridized carbons (Fsp3) is 0.320. The largest absolute Gasteiger partial charge is 0.465 e. The second kappa shape index (κ2) is 11.2. The molecule has 4 rings (SSSR count). The minimum atomic E-state index is -0.550. The van der Waals surface area contributed by atoms with Gasteiger partial charge in [0.25, 0.3) is 11.8 Å². The lowest BCUT2D eigenvalue weighted by Crippen LogP contribution is -2.33. The van der Waals surface area contributed by atoms with E-state index in [0.29, 0.717) is 16.9 Å². The topological polar surface area (TPSA) is 117 Å². The van der Waals surface area contributed by atoms with Crippen molar-refractivity contribution in [2.75, 3.05) is 30.8 Å². The Balaban J connectivity index is 1.31. The quantitative estimate of drug-likeness (QED) is 0.590. The van der Waals surface area contributed by atoms with Crippen molar-refractivity contribution < 1.29 is 23.9 Å². The fourth-order valence-corrected chi connectivity index (χ4v) is 5.01. The summed E-state index contributed by atoms with van der Waals surface area (Å²) in [6.07, 6.45) is 3.39. The zero-order valence-electron chi connectivity index (χ0n) is 19.3. The van der Waals surface area contributed by atoms with Crippen LogP contribution in [-0.4, -0.2) is 59.2 Å².